The van der Waals surface area contributed by atoms with Gasteiger partial charge in [-0.2, -0.15) is 0 Å². The molecule has 2 aliphatic rings. The highest BCUT2D eigenvalue weighted by molar-refractivity contribution is 5.30. The van der Waals surface area contributed by atoms with Crippen LogP contribution in [0.1, 0.15) is 43.0 Å². The average molecular weight is 297 g/mol. The van der Waals surface area contributed by atoms with Crippen molar-refractivity contribution in [3.63, 3.8) is 0 Å². The summed E-state index contributed by atoms with van der Waals surface area (Å²) in [4.78, 5) is 10.3. The Labute approximate surface area is 131 Å². The molecule has 116 valence electrons. The van der Waals surface area contributed by atoms with E-state index in [0.717, 1.165) is 18.1 Å². The first kappa shape index (κ1) is 13.8. The van der Waals surface area contributed by atoms with E-state index >= 15 is 0 Å². The number of nitrogens with zero attached hydrogens (tertiary/aromatic N) is 2. The predicted molar refractivity (Wildman–Crippen MR) is 85.9 cm³/mol. The van der Waals surface area contributed by atoms with Crippen molar-refractivity contribution >= 4 is 0 Å². The average Bonchev–Trinajstić information content (AvgIpc) is 3.14. The molecule has 0 amide bonds. The van der Waals surface area contributed by atoms with E-state index in [1.165, 1.54) is 31.2 Å². The third kappa shape index (κ3) is 2.52. The maximum Gasteiger partial charge on any atom is 0.120 e. The number of rotatable bonds is 4. The van der Waals surface area contributed by atoms with E-state index in [0.29, 0.717) is 18.0 Å². The van der Waals surface area contributed by atoms with Crippen molar-refractivity contribution in [2.24, 2.45) is 0 Å². The molecule has 0 radical (unpaired) electrons. The number of imidazole rings is 1. The molecule has 1 aromatic heterocycles. The first-order valence-electron chi connectivity index (χ1n) is 8.21. The van der Waals surface area contributed by atoms with Crippen molar-refractivity contribution in [3.05, 3.63) is 48.0 Å². The van der Waals surface area contributed by atoms with E-state index in [4.69, 9.17) is 4.74 Å². The Bertz CT molecular complexity index is 594. The lowest BCUT2D eigenvalue weighted by Crippen LogP contribution is -2.41. The molecule has 3 heterocycles. The predicted octanol–water partition coefficient (Wildman–Crippen LogP) is 3.33. The Kier molecular flexibility index (Phi) is 3.62. The zero-order chi connectivity index (χ0) is 14.9. The van der Waals surface area contributed by atoms with Crippen molar-refractivity contribution in [2.75, 3.05) is 7.11 Å². The van der Waals surface area contributed by atoms with E-state index in [9.17, 15) is 0 Å². The van der Waals surface area contributed by atoms with Gasteiger partial charge in [0.1, 0.15) is 11.6 Å². The fraction of sp³-hybridized carbons (Fsp3) is 0.500. The van der Waals surface area contributed by atoms with Gasteiger partial charge in [-0.15, -0.1) is 0 Å². The Morgan fingerprint density at radius 1 is 1.18 bits per heavy atom. The molecule has 4 heteroatoms. The van der Waals surface area contributed by atoms with Crippen molar-refractivity contribution in [1.29, 1.82) is 0 Å². The first-order chi connectivity index (χ1) is 10.8. The molecule has 1 aromatic carbocycles. The molecule has 0 aliphatic carbocycles. The van der Waals surface area contributed by atoms with Gasteiger partial charge in [-0.25, -0.2) is 4.98 Å². The van der Waals surface area contributed by atoms with Gasteiger partial charge in [0, 0.05) is 24.5 Å². The van der Waals surface area contributed by atoms with Crippen LogP contribution >= 0.6 is 0 Å². The number of fused-ring (bicyclic) bond motifs is 2. The summed E-state index contributed by atoms with van der Waals surface area (Å²) < 4.78 is 5.27. The summed E-state index contributed by atoms with van der Waals surface area (Å²) in [6.07, 6.45) is 8.96. The lowest BCUT2D eigenvalue weighted by molar-refractivity contribution is 0.115. The van der Waals surface area contributed by atoms with Crippen molar-refractivity contribution in [2.45, 2.75) is 50.2 Å². The van der Waals surface area contributed by atoms with Crippen LogP contribution in [0.4, 0.5) is 0 Å². The molecule has 22 heavy (non-hydrogen) atoms. The Morgan fingerprint density at radius 2 is 1.91 bits per heavy atom. The topological polar surface area (TPSA) is 41.1 Å². The van der Waals surface area contributed by atoms with Crippen LogP contribution in [-0.2, 0) is 6.54 Å². The molecule has 2 fully saturated rings. The van der Waals surface area contributed by atoms with Crippen molar-refractivity contribution < 1.29 is 4.74 Å². The summed E-state index contributed by atoms with van der Waals surface area (Å²) in [6.45, 7) is 0.970. The van der Waals surface area contributed by atoms with Gasteiger partial charge < -0.3 is 9.72 Å². The number of piperidine rings is 1. The van der Waals surface area contributed by atoms with Crippen molar-refractivity contribution in [1.82, 2.24) is 14.9 Å². The molecule has 1 N–H and O–H groups in total. The summed E-state index contributed by atoms with van der Waals surface area (Å²) >= 11 is 0. The van der Waals surface area contributed by atoms with Crippen molar-refractivity contribution in [3.8, 4) is 5.75 Å². The molecule has 0 saturated carbocycles. The fourth-order valence-corrected chi connectivity index (χ4v) is 4.24. The molecule has 2 aromatic rings. The second-order valence-electron chi connectivity index (χ2n) is 6.53. The Balaban J connectivity index is 1.47. The third-order valence-electron chi connectivity index (χ3n) is 5.36. The number of aromatic amines is 1. The molecular weight excluding hydrogens is 274 g/mol. The second-order valence-corrected chi connectivity index (χ2v) is 6.53. The van der Waals surface area contributed by atoms with Gasteiger partial charge in [-0.3, -0.25) is 4.90 Å². The molecule has 0 spiro atoms. The fourth-order valence-electron chi connectivity index (χ4n) is 4.24. The smallest absolute Gasteiger partial charge is 0.120 e. The lowest BCUT2D eigenvalue weighted by atomic mass is 9.85. The number of hydrogen-bond acceptors (Lipinski definition) is 3. The van der Waals surface area contributed by atoms with Gasteiger partial charge in [0.2, 0.25) is 0 Å². The van der Waals surface area contributed by atoms with E-state index in [2.05, 4.69) is 39.1 Å². The molecule has 2 aliphatic heterocycles. The molecule has 2 bridgehead atoms. The Hall–Kier alpha value is -1.81. The minimum Gasteiger partial charge on any atom is -0.497 e. The highest BCUT2D eigenvalue weighted by Gasteiger charge is 2.41. The summed E-state index contributed by atoms with van der Waals surface area (Å²) in [5.74, 6) is 2.73. The maximum absolute atomic E-state index is 5.27. The number of ether oxygens (including phenoxy) is 1. The highest BCUT2D eigenvalue weighted by Crippen LogP contribution is 2.43. The van der Waals surface area contributed by atoms with E-state index in [-0.39, 0.29) is 0 Å². The second kappa shape index (κ2) is 5.76. The van der Waals surface area contributed by atoms with Crippen LogP contribution in [-0.4, -0.2) is 34.1 Å². The van der Waals surface area contributed by atoms with Crippen LogP contribution in [0.25, 0.3) is 0 Å². The first-order valence-corrected chi connectivity index (χ1v) is 8.21. The van der Waals surface area contributed by atoms with Gasteiger partial charge in [0.15, 0.2) is 0 Å². The van der Waals surface area contributed by atoms with Gasteiger partial charge >= 0.3 is 0 Å². The maximum atomic E-state index is 5.27. The van der Waals surface area contributed by atoms with E-state index < -0.39 is 0 Å². The van der Waals surface area contributed by atoms with Crippen LogP contribution in [0.3, 0.4) is 0 Å². The van der Waals surface area contributed by atoms with Crippen LogP contribution in [0.15, 0.2) is 36.7 Å². The number of methoxy groups -OCH3 is 1. The quantitative estimate of drug-likeness (QED) is 0.941. The molecule has 1 unspecified atom stereocenters. The number of nitrogens with one attached hydrogen (secondary N) is 1. The standard InChI is InChI=1S/C18H23N3O/c1-22-17-6-2-13(3-7-17)14-10-15-4-5-16(11-14)21(15)12-18-19-8-9-20-18/h2-3,6-9,14-16H,4-5,10-12H2,1H3,(H,19,20)/t14?,15-,16+. The number of H-pyrrole nitrogens is 1. The highest BCUT2D eigenvalue weighted by atomic mass is 16.5. The molecule has 4 nitrogen and oxygen atoms in total. The minimum absolute atomic E-state index is 0.691. The zero-order valence-corrected chi connectivity index (χ0v) is 13.0. The van der Waals surface area contributed by atoms with Gasteiger partial charge in [-0.05, 0) is 49.3 Å². The number of aromatic nitrogens is 2. The van der Waals surface area contributed by atoms with Crippen LogP contribution in [0.5, 0.6) is 5.75 Å². The largest absolute Gasteiger partial charge is 0.497 e. The van der Waals surface area contributed by atoms with Gasteiger partial charge in [0.25, 0.3) is 0 Å². The van der Waals surface area contributed by atoms with Crippen LogP contribution in [0.2, 0.25) is 0 Å². The summed E-state index contributed by atoms with van der Waals surface area (Å²) in [5, 5.41) is 0. The lowest BCUT2D eigenvalue weighted by Gasteiger charge is -2.38. The number of benzene rings is 1. The van der Waals surface area contributed by atoms with Crippen LogP contribution < -0.4 is 4.74 Å². The SMILES string of the molecule is COc1ccc(C2C[C@H]3CC[C@@H](C2)N3Cc2ncc[nH]2)cc1. The summed E-state index contributed by atoms with van der Waals surface area (Å²) in [6, 6.07) is 10.1. The van der Waals surface area contributed by atoms with Gasteiger partial charge in [0.05, 0.1) is 13.7 Å². The molecule has 3 atom stereocenters. The molecule has 2 saturated heterocycles. The van der Waals surface area contributed by atoms with Gasteiger partial charge in [-0.1, -0.05) is 12.1 Å². The summed E-state index contributed by atoms with van der Waals surface area (Å²) in [5.41, 5.74) is 1.47. The molecule has 4 rings (SSSR count). The minimum atomic E-state index is 0.691. The third-order valence-corrected chi connectivity index (χ3v) is 5.36. The normalized spacial score (nSPS) is 28.0. The Morgan fingerprint density at radius 3 is 2.50 bits per heavy atom. The van der Waals surface area contributed by atoms with E-state index in [1.54, 1.807) is 7.11 Å². The monoisotopic (exact) mass is 297 g/mol. The summed E-state index contributed by atoms with van der Waals surface area (Å²) in [7, 11) is 1.72. The van der Waals surface area contributed by atoms with E-state index in [1.807, 2.05) is 12.4 Å². The van der Waals surface area contributed by atoms with Crippen LogP contribution in [0, 0.1) is 0 Å². The molecular formula is C18H23N3O. The zero-order valence-electron chi connectivity index (χ0n) is 13.0. The number of hydrogen-bond donors (Lipinski definition) is 1.